The lowest BCUT2D eigenvalue weighted by Crippen LogP contribution is -2.21. The number of carbonyl (C=O) groups is 1. The average molecular weight is 299 g/mol. The number of nitrogens with one attached hydrogen (secondary N) is 1. The van der Waals surface area contributed by atoms with Crippen LogP contribution in [0.1, 0.15) is 0 Å². The predicted octanol–water partition coefficient (Wildman–Crippen LogP) is 2.80. The van der Waals surface area contributed by atoms with Crippen LogP contribution in [0.3, 0.4) is 0 Å². The van der Waals surface area contributed by atoms with Crippen LogP contribution in [0.4, 0.5) is 20.2 Å². The van der Waals surface area contributed by atoms with E-state index >= 15 is 0 Å². The molecule has 0 aliphatic heterocycles. The molecule has 1 rings (SSSR count). The largest absolute Gasteiger partial charge is 0.397 e. The van der Waals surface area contributed by atoms with Crippen molar-refractivity contribution in [2.75, 3.05) is 24.3 Å². The quantitative estimate of drug-likeness (QED) is 0.822. The first-order valence-electron chi connectivity index (χ1n) is 4.80. The minimum atomic E-state index is -2.62. The van der Waals surface area contributed by atoms with Gasteiger partial charge in [0, 0.05) is 5.02 Å². The Bertz CT molecular complexity index is 421. The number of alkyl halides is 2. The van der Waals surface area contributed by atoms with Crippen LogP contribution in [-0.4, -0.2) is 25.5 Å². The number of benzene rings is 1. The molecule has 0 saturated carbocycles. The number of ether oxygens (including phenoxy) is 1. The van der Waals surface area contributed by atoms with Crippen LogP contribution in [0.15, 0.2) is 12.1 Å². The molecule has 0 aromatic heterocycles. The second-order valence-corrected chi connectivity index (χ2v) is 4.15. The maximum atomic E-state index is 11.8. The van der Waals surface area contributed by atoms with Crippen molar-refractivity contribution in [3.63, 3.8) is 0 Å². The third kappa shape index (κ3) is 4.64. The van der Waals surface area contributed by atoms with E-state index in [9.17, 15) is 13.6 Å². The van der Waals surface area contributed by atoms with Gasteiger partial charge in [0.05, 0.1) is 16.4 Å². The first-order valence-corrected chi connectivity index (χ1v) is 5.56. The van der Waals surface area contributed by atoms with Gasteiger partial charge in [0.25, 0.3) is 6.43 Å². The molecule has 1 amide bonds. The first kappa shape index (κ1) is 14.9. The van der Waals surface area contributed by atoms with Crippen LogP contribution < -0.4 is 11.1 Å². The number of anilines is 2. The van der Waals surface area contributed by atoms with Gasteiger partial charge in [-0.05, 0) is 12.1 Å². The average Bonchev–Trinajstić information content (AvgIpc) is 2.22. The molecule has 0 aliphatic rings. The van der Waals surface area contributed by atoms with Crippen molar-refractivity contribution in [1.29, 1.82) is 0 Å². The number of rotatable bonds is 5. The second kappa shape index (κ2) is 6.72. The summed E-state index contributed by atoms with van der Waals surface area (Å²) in [5, 5.41) is 2.83. The van der Waals surface area contributed by atoms with Crippen molar-refractivity contribution >= 4 is 40.5 Å². The molecule has 0 unspecified atom stereocenters. The van der Waals surface area contributed by atoms with E-state index in [0.717, 1.165) is 0 Å². The summed E-state index contributed by atoms with van der Waals surface area (Å²) >= 11 is 11.5. The van der Waals surface area contributed by atoms with Gasteiger partial charge in [-0.2, -0.15) is 0 Å². The predicted molar refractivity (Wildman–Crippen MR) is 66.3 cm³/mol. The van der Waals surface area contributed by atoms with Crippen LogP contribution in [0.2, 0.25) is 10.0 Å². The Balaban J connectivity index is 2.59. The fourth-order valence-corrected chi connectivity index (χ4v) is 1.70. The van der Waals surface area contributed by atoms with Crippen LogP contribution in [0.25, 0.3) is 0 Å². The Hall–Kier alpha value is -1.11. The highest BCUT2D eigenvalue weighted by Gasteiger charge is 2.11. The fourth-order valence-electron chi connectivity index (χ4n) is 1.14. The van der Waals surface area contributed by atoms with Gasteiger partial charge in [0.2, 0.25) is 5.91 Å². The van der Waals surface area contributed by atoms with E-state index in [0.29, 0.717) is 5.02 Å². The maximum Gasteiger partial charge on any atom is 0.261 e. The molecule has 100 valence electrons. The number of nitrogen functional groups attached to an aromatic ring is 1. The standard InChI is InChI=1S/C10H10Cl2F2N2O2/c11-5-1-6(12)10(7(15)2-5)16-9(17)4-18-3-8(13)14/h1-2,8H,3-4,15H2,(H,16,17). The summed E-state index contributed by atoms with van der Waals surface area (Å²) in [5.41, 5.74) is 5.95. The van der Waals surface area contributed by atoms with Crippen LogP contribution >= 0.6 is 23.2 Å². The summed E-state index contributed by atoms with van der Waals surface area (Å²) in [5.74, 6) is -0.633. The van der Waals surface area contributed by atoms with E-state index in [4.69, 9.17) is 28.9 Å². The van der Waals surface area contributed by atoms with Gasteiger partial charge in [-0.15, -0.1) is 0 Å². The number of hydrogen-bond donors (Lipinski definition) is 2. The van der Waals surface area contributed by atoms with Crippen molar-refractivity contribution in [3.05, 3.63) is 22.2 Å². The Labute approximate surface area is 112 Å². The molecule has 0 atom stereocenters. The third-order valence-electron chi connectivity index (χ3n) is 1.83. The molecule has 1 aromatic carbocycles. The minimum absolute atomic E-state index is 0.155. The van der Waals surface area contributed by atoms with Gasteiger partial charge in [-0.1, -0.05) is 23.2 Å². The molecule has 0 spiro atoms. The van der Waals surface area contributed by atoms with E-state index in [1.54, 1.807) is 0 Å². The SMILES string of the molecule is Nc1cc(Cl)cc(Cl)c1NC(=O)COCC(F)F. The van der Waals surface area contributed by atoms with Gasteiger partial charge < -0.3 is 15.8 Å². The van der Waals surface area contributed by atoms with E-state index in [1.165, 1.54) is 12.1 Å². The summed E-state index contributed by atoms with van der Waals surface area (Å²) in [6.45, 7) is -1.32. The molecule has 3 N–H and O–H groups in total. The lowest BCUT2D eigenvalue weighted by Gasteiger charge is -2.10. The Morgan fingerprint density at radius 3 is 2.67 bits per heavy atom. The topological polar surface area (TPSA) is 64.3 Å². The Morgan fingerprint density at radius 1 is 1.44 bits per heavy atom. The number of hydrogen-bond acceptors (Lipinski definition) is 3. The van der Waals surface area contributed by atoms with E-state index < -0.39 is 25.5 Å². The van der Waals surface area contributed by atoms with Gasteiger partial charge >= 0.3 is 0 Å². The molecule has 0 bridgehead atoms. The minimum Gasteiger partial charge on any atom is -0.397 e. The van der Waals surface area contributed by atoms with Gasteiger partial charge in [0.1, 0.15) is 13.2 Å². The lowest BCUT2D eigenvalue weighted by molar-refractivity contribution is -0.121. The van der Waals surface area contributed by atoms with Crippen molar-refractivity contribution in [2.45, 2.75) is 6.43 Å². The van der Waals surface area contributed by atoms with E-state index in [2.05, 4.69) is 10.1 Å². The zero-order valence-electron chi connectivity index (χ0n) is 9.05. The molecule has 18 heavy (non-hydrogen) atoms. The highest BCUT2D eigenvalue weighted by atomic mass is 35.5. The summed E-state index contributed by atoms with van der Waals surface area (Å²) in [6, 6.07) is 2.80. The van der Waals surface area contributed by atoms with Gasteiger partial charge in [-0.25, -0.2) is 8.78 Å². The van der Waals surface area contributed by atoms with Crippen molar-refractivity contribution in [3.8, 4) is 0 Å². The summed E-state index contributed by atoms with van der Waals surface area (Å²) in [4.78, 5) is 11.4. The molecular weight excluding hydrogens is 289 g/mol. The van der Waals surface area contributed by atoms with Crippen LogP contribution in [0, 0.1) is 0 Å². The van der Waals surface area contributed by atoms with Crippen molar-refractivity contribution < 1.29 is 18.3 Å². The highest BCUT2D eigenvalue weighted by molar-refractivity contribution is 6.37. The van der Waals surface area contributed by atoms with Crippen LogP contribution in [-0.2, 0) is 9.53 Å². The summed E-state index contributed by atoms with van der Waals surface area (Å²) in [6.07, 6.45) is -2.62. The molecule has 0 radical (unpaired) electrons. The maximum absolute atomic E-state index is 11.8. The summed E-state index contributed by atoms with van der Waals surface area (Å²) < 4.78 is 28.0. The van der Waals surface area contributed by atoms with E-state index in [-0.39, 0.29) is 16.4 Å². The van der Waals surface area contributed by atoms with Gasteiger partial charge in [0.15, 0.2) is 0 Å². The summed E-state index contributed by atoms with van der Waals surface area (Å²) in [7, 11) is 0. The number of halogens is 4. The molecule has 8 heteroatoms. The third-order valence-corrected chi connectivity index (χ3v) is 2.34. The molecule has 1 aromatic rings. The highest BCUT2D eigenvalue weighted by Crippen LogP contribution is 2.31. The zero-order chi connectivity index (χ0) is 13.7. The fraction of sp³-hybridized carbons (Fsp3) is 0.300. The normalized spacial score (nSPS) is 10.7. The molecule has 0 saturated heterocycles. The molecule has 4 nitrogen and oxygen atoms in total. The lowest BCUT2D eigenvalue weighted by atomic mass is 10.2. The van der Waals surface area contributed by atoms with Crippen molar-refractivity contribution in [1.82, 2.24) is 0 Å². The Kier molecular flexibility index (Phi) is 5.58. The number of carbonyl (C=O) groups excluding carboxylic acids is 1. The number of nitrogens with two attached hydrogens (primary N) is 1. The van der Waals surface area contributed by atoms with Crippen LogP contribution in [0.5, 0.6) is 0 Å². The van der Waals surface area contributed by atoms with E-state index in [1.807, 2.05) is 0 Å². The molecule has 0 fully saturated rings. The molecule has 0 heterocycles. The zero-order valence-corrected chi connectivity index (χ0v) is 10.6. The molecule has 0 aliphatic carbocycles. The monoisotopic (exact) mass is 298 g/mol. The Morgan fingerprint density at radius 2 is 2.11 bits per heavy atom. The van der Waals surface area contributed by atoms with Gasteiger partial charge in [-0.3, -0.25) is 4.79 Å². The second-order valence-electron chi connectivity index (χ2n) is 3.31. The first-order chi connectivity index (χ1) is 8.40. The number of amides is 1. The molecular formula is C10H10Cl2F2N2O2. The van der Waals surface area contributed by atoms with Crippen molar-refractivity contribution in [2.24, 2.45) is 0 Å². The smallest absolute Gasteiger partial charge is 0.261 e.